The minimum atomic E-state index is -0.216. The second-order valence-corrected chi connectivity index (χ2v) is 3.04. The summed E-state index contributed by atoms with van der Waals surface area (Å²) >= 11 is 0. The zero-order chi connectivity index (χ0) is 9.56. The maximum Gasteiger partial charge on any atom is 0.315 e. The molecule has 0 saturated carbocycles. The molecule has 0 radical (unpaired) electrons. The Hall–Kier alpha value is -1.24. The molecule has 0 aliphatic rings. The Balaban J connectivity index is 3.52. The molecule has 1 atom stereocenters. The largest absolute Gasteiger partial charge is 0.337 e. The number of carbonyl (C=O) groups excluding carboxylic acids is 1. The Kier molecular flexibility index (Phi) is 4.86. The molecule has 0 aromatic heterocycles. The minimum absolute atomic E-state index is 0.127. The first kappa shape index (κ1) is 10.8. The molecule has 12 heavy (non-hydrogen) atoms. The normalized spacial score (nSPS) is 11.9. The Morgan fingerprint density at radius 1 is 1.50 bits per heavy atom. The van der Waals surface area contributed by atoms with Gasteiger partial charge in [-0.05, 0) is 20.8 Å². The van der Waals surface area contributed by atoms with E-state index >= 15 is 0 Å². The fraction of sp³-hybridized carbons (Fsp3) is 0.750. The third-order valence-corrected chi connectivity index (χ3v) is 1.21. The number of urea groups is 1. The first-order chi connectivity index (χ1) is 5.56. The first-order valence-electron chi connectivity index (χ1n) is 4.00. The predicted molar refractivity (Wildman–Crippen MR) is 46.4 cm³/mol. The fourth-order valence-electron chi connectivity index (χ4n) is 0.605. The van der Waals surface area contributed by atoms with Gasteiger partial charge in [0.15, 0.2) is 0 Å². The molecule has 0 aliphatic carbocycles. The van der Waals surface area contributed by atoms with E-state index in [0.29, 0.717) is 6.54 Å². The topological polar surface area (TPSA) is 64.9 Å². The monoisotopic (exact) mass is 169 g/mol. The Morgan fingerprint density at radius 2 is 2.08 bits per heavy atom. The average molecular weight is 169 g/mol. The van der Waals surface area contributed by atoms with Crippen molar-refractivity contribution in [3.05, 3.63) is 0 Å². The van der Waals surface area contributed by atoms with Crippen LogP contribution < -0.4 is 10.6 Å². The van der Waals surface area contributed by atoms with Gasteiger partial charge < -0.3 is 10.6 Å². The second-order valence-electron chi connectivity index (χ2n) is 3.04. The first-order valence-corrected chi connectivity index (χ1v) is 4.00. The highest BCUT2D eigenvalue weighted by Gasteiger charge is 2.04. The quantitative estimate of drug-likeness (QED) is 0.658. The summed E-state index contributed by atoms with van der Waals surface area (Å²) in [5.74, 6) is -0.136. The summed E-state index contributed by atoms with van der Waals surface area (Å²) in [5.41, 5.74) is 0. The highest BCUT2D eigenvalue weighted by molar-refractivity contribution is 5.74. The third kappa shape index (κ3) is 5.54. The SMILES string of the molecule is CC(C)NC(=O)NC[C@H](C)C#N. The van der Waals surface area contributed by atoms with Gasteiger partial charge in [0.25, 0.3) is 0 Å². The lowest BCUT2D eigenvalue weighted by Crippen LogP contribution is -2.40. The number of nitrogens with zero attached hydrogens (tertiary/aromatic N) is 1. The number of hydrogen-bond donors (Lipinski definition) is 2. The third-order valence-electron chi connectivity index (χ3n) is 1.21. The molecule has 0 saturated heterocycles. The maximum atomic E-state index is 10.9. The molecule has 2 amide bonds. The Bertz CT molecular complexity index is 183. The summed E-state index contributed by atoms with van der Waals surface area (Å²) in [6.07, 6.45) is 0. The highest BCUT2D eigenvalue weighted by atomic mass is 16.2. The van der Waals surface area contributed by atoms with Crippen LogP contribution in [0.4, 0.5) is 4.79 Å². The lowest BCUT2D eigenvalue weighted by atomic mass is 10.2. The van der Waals surface area contributed by atoms with Gasteiger partial charge in [-0.2, -0.15) is 5.26 Å². The van der Waals surface area contributed by atoms with Gasteiger partial charge in [0.05, 0.1) is 12.0 Å². The van der Waals surface area contributed by atoms with Gasteiger partial charge in [0.1, 0.15) is 0 Å². The molecule has 0 aromatic carbocycles. The molecule has 0 spiro atoms. The minimum Gasteiger partial charge on any atom is -0.337 e. The molecule has 0 heterocycles. The van der Waals surface area contributed by atoms with Crippen LogP contribution in [0.2, 0.25) is 0 Å². The van der Waals surface area contributed by atoms with Crippen molar-refractivity contribution >= 4 is 6.03 Å². The van der Waals surface area contributed by atoms with Crippen molar-refractivity contribution in [2.24, 2.45) is 5.92 Å². The molecule has 0 rings (SSSR count). The number of rotatable bonds is 3. The van der Waals surface area contributed by atoms with Crippen molar-refractivity contribution in [1.82, 2.24) is 10.6 Å². The summed E-state index contributed by atoms with van der Waals surface area (Å²) in [4.78, 5) is 10.9. The van der Waals surface area contributed by atoms with Crippen molar-refractivity contribution in [1.29, 1.82) is 5.26 Å². The smallest absolute Gasteiger partial charge is 0.315 e. The zero-order valence-corrected chi connectivity index (χ0v) is 7.72. The van der Waals surface area contributed by atoms with Gasteiger partial charge in [0.2, 0.25) is 0 Å². The molecule has 68 valence electrons. The standard InChI is InChI=1S/C8H15N3O/c1-6(2)11-8(12)10-5-7(3)4-9/h6-7H,5H2,1-3H3,(H2,10,11,12)/t7-/m1/s1. The fourth-order valence-corrected chi connectivity index (χ4v) is 0.605. The van der Waals surface area contributed by atoms with Crippen LogP contribution in [0.5, 0.6) is 0 Å². The maximum absolute atomic E-state index is 10.9. The summed E-state index contributed by atoms with van der Waals surface area (Å²) in [5, 5.41) is 13.7. The van der Waals surface area contributed by atoms with Crippen LogP contribution in [0.25, 0.3) is 0 Å². The van der Waals surface area contributed by atoms with Crippen molar-refractivity contribution in [3.8, 4) is 6.07 Å². The molecule has 4 heteroatoms. The van der Waals surface area contributed by atoms with Gasteiger partial charge in [0, 0.05) is 12.6 Å². The predicted octanol–water partition coefficient (Wildman–Crippen LogP) is 0.854. The van der Waals surface area contributed by atoms with Crippen LogP contribution in [0.1, 0.15) is 20.8 Å². The molecular weight excluding hydrogens is 154 g/mol. The number of carbonyl (C=O) groups is 1. The Labute approximate surface area is 72.9 Å². The number of amides is 2. The molecule has 0 aromatic rings. The van der Waals surface area contributed by atoms with Gasteiger partial charge in [-0.25, -0.2) is 4.79 Å². The van der Waals surface area contributed by atoms with Crippen LogP contribution >= 0.6 is 0 Å². The average Bonchev–Trinajstić information content (AvgIpc) is 1.99. The highest BCUT2D eigenvalue weighted by Crippen LogP contribution is 1.87. The molecule has 0 fully saturated rings. The van der Waals surface area contributed by atoms with E-state index in [2.05, 4.69) is 10.6 Å². The summed E-state index contributed by atoms with van der Waals surface area (Å²) in [6, 6.07) is 1.94. The summed E-state index contributed by atoms with van der Waals surface area (Å²) in [7, 11) is 0. The second kappa shape index (κ2) is 5.42. The molecule has 0 bridgehead atoms. The van der Waals surface area contributed by atoms with Gasteiger partial charge in [-0.15, -0.1) is 0 Å². The van der Waals surface area contributed by atoms with E-state index in [1.807, 2.05) is 19.9 Å². The van der Waals surface area contributed by atoms with E-state index in [0.717, 1.165) is 0 Å². The summed E-state index contributed by atoms with van der Waals surface area (Å²) < 4.78 is 0. The van der Waals surface area contributed by atoms with Crippen LogP contribution in [0, 0.1) is 17.2 Å². The van der Waals surface area contributed by atoms with Crippen LogP contribution in [-0.4, -0.2) is 18.6 Å². The zero-order valence-electron chi connectivity index (χ0n) is 7.72. The summed E-state index contributed by atoms with van der Waals surface area (Å²) in [6.45, 7) is 5.92. The van der Waals surface area contributed by atoms with Crippen molar-refractivity contribution in [3.63, 3.8) is 0 Å². The van der Waals surface area contributed by atoms with E-state index in [1.54, 1.807) is 6.92 Å². The van der Waals surface area contributed by atoms with Crippen LogP contribution in [-0.2, 0) is 0 Å². The number of hydrogen-bond acceptors (Lipinski definition) is 2. The van der Waals surface area contributed by atoms with Crippen LogP contribution in [0.15, 0.2) is 0 Å². The van der Waals surface area contributed by atoms with Crippen molar-refractivity contribution < 1.29 is 4.79 Å². The number of nitriles is 1. The van der Waals surface area contributed by atoms with Crippen molar-refractivity contribution in [2.75, 3.05) is 6.54 Å². The lowest BCUT2D eigenvalue weighted by molar-refractivity contribution is 0.238. The van der Waals surface area contributed by atoms with E-state index in [1.165, 1.54) is 0 Å². The van der Waals surface area contributed by atoms with E-state index in [-0.39, 0.29) is 18.0 Å². The molecule has 0 unspecified atom stereocenters. The van der Waals surface area contributed by atoms with Gasteiger partial charge >= 0.3 is 6.03 Å². The van der Waals surface area contributed by atoms with Crippen LogP contribution in [0.3, 0.4) is 0 Å². The Morgan fingerprint density at radius 3 is 2.50 bits per heavy atom. The van der Waals surface area contributed by atoms with E-state index in [9.17, 15) is 4.79 Å². The molecular formula is C8H15N3O. The van der Waals surface area contributed by atoms with Gasteiger partial charge in [-0.1, -0.05) is 0 Å². The van der Waals surface area contributed by atoms with Crippen molar-refractivity contribution in [2.45, 2.75) is 26.8 Å². The number of nitrogens with one attached hydrogen (secondary N) is 2. The molecule has 4 nitrogen and oxygen atoms in total. The van der Waals surface area contributed by atoms with E-state index < -0.39 is 0 Å². The lowest BCUT2D eigenvalue weighted by Gasteiger charge is -2.10. The molecule has 0 aliphatic heterocycles. The van der Waals surface area contributed by atoms with E-state index in [4.69, 9.17) is 5.26 Å². The van der Waals surface area contributed by atoms with Gasteiger partial charge in [-0.3, -0.25) is 0 Å². The molecule has 2 N–H and O–H groups in total.